The number of rotatable bonds is 16. The highest BCUT2D eigenvalue weighted by atomic mass is 16.7. The van der Waals surface area contributed by atoms with Crippen molar-refractivity contribution in [2.45, 2.75) is 85.6 Å². The van der Waals surface area contributed by atoms with Crippen molar-refractivity contribution >= 4 is 5.97 Å². The van der Waals surface area contributed by atoms with Crippen LogP contribution in [-0.4, -0.2) is 44.7 Å². The quantitative estimate of drug-likeness (QED) is 0.199. The Balaban J connectivity index is 2.26. The first-order chi connectivity index (χ1) is 17.2. The summed E-state index contributed by atoms with van der Waals surface area (Å²) < 4.78 is 33.4. The zero-order valence-electron chi connectivity index (χ0n) is 22.7. The average molecular weight is 503 g/mol. The van der Waals surface area contributed by atoms with Gasteiger partial charge in [0.15, 0.2) is 18.9 Å². The van der Waals surface area contributed by atoms with E-state index in [1.54, 1.807) is 6.92 Å². The molecule has 0 aliphatic rings. The Morgan fingerprint density at radius 1 is 0.694 bits per heavy atom. The van der Waals surface area contributed by atoms with Gasteiger partial charge in [0, 0.05) is 31.7 Å². The predicted octanol–water partition coefficient (Wildman–Crippen LogP) is 6.22. The van der Waals surface area contributed by atoms with Crippen LogP contribution in [0, 0.1) is 0 Å². The van der Waals surface area contributed by atoms with Crippen LogP contribution in [-0.2, 0) is 29.2 Å². The maximum atomic E-state index is 12.5. The summed E-state index contributed by atoms with van der Waals surface area (Å²) in [5, 5.41) is 0. The zero-order valence-corrected chi connectivity index (χ0v) is 22.7. The first-order valence-corrected chi connectivity index (χ1v) is 12.8. The van der Waals surface area contributed by atoms with Gasteiger partial charge >= 0.3 is 5.97 Å². The Morgan fingerprint density at radius 3 is 1.47 bits per heavy atom. The average Bonchev–Trinajstić information content (AvgIpc) is 2.84. The van der Waals surface area contributed by atoms with Gasteiger partial charge in [0.2, 0.25) is 0 Å². The van der Waals surface area contributed by atoms with Crippen LogP contribution in [0.5, 0.6) is 11.5 Å². The Labute approximate surface area is 216 Å². The third-order valence-corrected chi connectivity index (χ3v) is 5.92. The molecule has 0 spiro atoms. The van der Waals surface area contributed by atoms with Gasteiger partial charge in [0.05, 0.1) is 0 Å². The normalized spacial score (nSPS) is 15.4. The number of esters is 1. The molecule has 0 aromatic heterocycles. The number of ether oxygens (including phenoxy) is 6. The third kappa shape index (κ3) is 9.12. The van der Waals surface area contributed by atoms with E-state index >= 15 is 0 Å². The first kappa shape index (κ1) is 29.6. The lowest BCUT2D eigenvalue weighted by Crippen LogP contribution is -2.26. The van der Waals surface area contributed by atoms with E-state index in [2.05, 4.69) is 6.92 Å². The lowest BCUT2D eigenvalue weighted by atomic mass is 9.73. The van der Waals surface area contributed by atoms with Gasteiger partial charge in [-0.2, -0.15) is 0 Å². The van der Waals surface area contributed by atoms with Gasteiger partial charge in [-0.1, -0.05) is 31.2 Å². The highest BCUT2D eigenvalue weighted by Gasteiger charge is 2.30. The van der Waals surface area contributed by atoms with Crippen LogP contribution in [0.25, 0.3) is 0 Å². The summed E-state index contributed by atoms with van der Waals surface area (Å²) in [6.45, 7) is 15.0. The maximum Gasteiger partial charge on any atom is 0.308 e. The molecule has 0 saturated heterocycles. The number of carbonyl (C=O) groups is 1. The van der Waals surface area contributed by atoms with Crippen LogP contribution in [0.1, 0.15) is 72.4 Å². The molecule has 200 valence electrons. The van der Waals surface area contributed by atoms with Gasteiger partial charge in [0.1, 0.15) is 11.5 Å². The number of hydrogen-bond donors (Lipinski definition) is 0. The number of hydrogen-bond acceptors (Lipinski definition) is 7. The molecule has 0 N–H and O–H groups in total. The van der Waals surface area contributed by atoms with Gasteiger partial charge in [-0.05, 0) is 83.4 Å². The van der Waals surface area contributed by atoms with E-state index < -0.39 is 11.7 Å². The van der Waals surface area contributed by atoms with Crippen molar-refractivity contribution in [1.82, 2.24) is 0 Å². The number of benzene rings is 2. The van der Waals surface area contributed by atoms with Crippen LogP contribution in [0.3, 0.4) is 0 Å². The highest BCUT2D eigenvalue weighted by molar-refractivity contribution is 5.69. The molecule has 0 bridgehead atoms. The summed E-state index contributed by atoms with van der Waals surface area (Å²) in [4.78, 5) is 12.5. The SMILES string of the molecule is CCOC(C)OC(=O)CCC(C)(c1ccc(OC(C)OCC)cc1)c1ccc(OC(C)OCC)cc1. The Morgan fingerprint density at radius 2 is 1.08 bits per heavy atom. The minimum atomic E-state index is -0.568. The Hall–Kier alpha value is -2.61. The molecule has 3 atom stereocenters. The molecule has 0 aliphatic carbocycles. The molecule has 0 aliphatic heterocycles. The smallest absolute Gasteiger partial charge is 0.308 e. The molecule has 2 rings (SSSR count). The summed E-state index contributed by atoms with van der Waals surface area (Å²) in [6.07, 6.45) is -0.439. The fourth-order valence-electron chi connectivity index (χ4n) is 4.04. The fourth-order valence-corrected chi connectivity index (χ4v) is 4.04. The van der Waals surface area contributed by atoms with Crippen LogP contribution < -0.4 is 9.47 Å². The Bertz CT molecular complexity index is 837. The van der Waals surface area contributed by atoms with Gasteiger partial charge in [-0.15, -0.1) is 0 Å². The van der Waals surface area contributed by atoms with Crippen LogP contribution in [0.15, 0.2) is 48.5 Å². The molecule has 3 unspecified atom stereocenters. The predicted molar refractivity (Wildman–Crippen MR) is 139 cm³/mol. The standard InChI is InChI=1S/C29H42O7/c1-8-31-21(4)34-26-15-11-24(12-16-26)29(7,20-19-28(30)36-23(6)33-10-3)25-13-17-27(18-14-25)35-22(5)32-9-2/h11-18,21-23H,8-10,19-20H2,1-7H3. The van der Waals surface area contributed by atoms with Crippen molar-refractivity contribution in [1.29, 1.82) is 0 Å². The summed E-state index contributed by atoms with van der Waals surface area (Å²) >= 11 is 0. The van der Waals surface area contributed by atoms with Gasteiger partial charge in [-0.25, -0.2) is 0 Å². The second kappa shape index (κ2) is 14.8. The molecule has 2 aromatic carbocycles. The Kier molecular flexibility index (Phi) is 12.2. The second-order valence-electron chi connectivity index (χ2n) is 8.68. The fraction of sp³-hybridized carbons (Fsp3) is 0.552. The van der Waals surface area contributed by atoms with E-state index in [0.29, 0.717) is 26.2 Å². The molecule has 0 saturated carbocycles. The van der Waals surface area contributed by atoms with E-state index in [0.717, 1.165) is 22.6 Å². The number of carbonyl (C=O) groups excluding carboxylic acids is 1. The van der Waals surface area contributed by atoms with Crippen molar-refractivity contribution in [3.8, 4) is 11.5 Å². The van der Waals surface area contributed by atoms with E-state index in [-0.39, 0.29) is 25.0 Å². The highest BCUT2D eigenvalue weighted by Crippen LogP contribution is 2.38. The van der Waals surface area contributed by atoms with Crippen LogP contribution in [0.2, 0.25) is 0 Å². The minimum Gasteiger partial charge on any atom is -0.465 e. The molecule has 0 fully saturated rings. The van der Waals surface area contributed by atoms with Crippen LogP contribution in [0.4, 0.5) is 0 Å². The van der Waals surface area contributed by atoms with E-state index in [9.17, 15) is 4.79 Å². The topological polar surface area (TPSA) is 72.5 Å². The molecule has 0 amide bonds. The lowest BCUT2D eigenvalue weighted by Gasteiger charge is -2.31. The van der Waals surface area contributed by atoms with Crippen molar-refractivity contribution < 1.29 is 33.2 Å². The van der Waals surface area contributed by atoms with Crippen molar-refractivity contribution in [2.24, 2.45) is 0 Å². The van der Waals surface area contributed by atoms with E-state index in [1.165, 1.54) is 0 Å². The third-order valence-electron chi connectivity index (χ3n) is 5.92. The van der Waals surface area contributed by atoms with Crippen molar-refractivity contribution in [3.05, 3.63) is 59.7 Å². The molecular weight excluding hydrogens is 460 g/mol. The molecule has 7 nitrogen and oxygen atoms in total. The molecule has 36 heavy (non-hydrogen) atoms. The molecule has 0 radical (unpaired) electrons. The van der Waals surface area contributed by atoms with Gasteiger partial charge in [0.25, 0.3) is 0 Å². The zero-order chi connectivity index (χ0) is 26.6. The van der Waals surface area contributed by atoms with Crippen LogP contribution >= 0.6 is 0 Å². The van der Waals surface area contributed by atoms with E-state index in [1.807, 2.05) is 83.1 Å². The van der Waals surface area contributed by atoms with Gasteiger partial charge < -0.3 is 28.4 Å². The summed E-state index contributed by atoms with van der Waals surface area (Å²) in [6, 6.07) is 15.8. The summed E-state index contributed by atoms with van der Waals surface area (Å²) in [5.74, 6) is 1.15. The van der Waals surface area contributed by atoms with E-state index in [4.69, 9.17) is 28.4 Å². The van der Waals surface area contributed by atoms with Gasteiger partial charge in [-0.3, -0.25) is 4.79 Å². The first-order valence-electron chi connectivity index (χ1n) is 12.8. The molecule has 0 heterocycles. The molecule has 2 aromatic rings. The van der Waals surface area contributed by atoms with Crippen molar-refractivity contribution in [2.75, 3.05) is 19.8 Å². The monoisotopic (exact) mass is 502 g/mol. The summed E-state index contributed by atoms with van der Waals surface area (Å²) in [5.41, 5.74) is 1.66. The molecular formula is C29H42O7. The minimum absolute atomic E-state index is 0.243. The van der Waals surface area contributed by atoms with Crippen molar-refractivity contribution in [3.63, 3.8) is 0 Å². The maximum absolute atomic E-state index is 12.5. The second-order valence-corrected chi connectivity index (χ2v) is 8.68. The molecule has 7 heteroatoms. The largest absolute Gasteiger partial charge is 0.465 e. The summed E-state index contributed by atoms with van der Waals surface area (Å²) in [7, 11) is 0. The lowest BCUT2D eigenvalue weighted by molar-refractivity contribution is -0.174.